The first-order valence-electron chi connectivity index (χ1n) is 17.5. The maximum Gasteiger partial charge on any atom is 0.352 e. The summed E-state index contributed by atoms with van der Waals surface area (Å²) in [6, 6.07) is 30.9. The number of aromatic hydroxyl groups is 2. The Morgan fingerprint density at radius 2 is 1.47 bits per heavy atom. The summed E-state index contributed by atoms with van der Waals surface area (Å²) in [6.07, 6.45) is 3.26. The van der Waals surface area contributed by atoms with Gasteiger partial charge in [0.15, 0.2) is 11.5 Å². The van der Waals surface area contributed by atoms with Crippen molar-refractivity contribution in [2.24, 2.45) is 5.16 Å². The number of phenolic OH excluding ortho intramolecular Hbond substituents is 2. The van der Waals surface area contributed by atoms with E-state index in [-0.39, 0.29) is 46.6 Å². The van der Waals surface area contributed by atoms with Crippen LogP contribution >= 0.6 is 11.5 Å². The molecule has 2 aliphatic rings. The van der Waals surface area contributed by atoms with Gasteiger partial charge in [0.05, 0.1) is 16.6 Å². The number of phenols is 2. The van der Waals surface area contributed by atoms with Crippen molar-refractivity contribution in [1.29, 1.82) is 0 Å². The van der Waals surface area contributed by atoms with Gasteiger partial charge < -0.3 is 35.4 Å². The number of β-lactam (4-membered cyclic amide) rings is 1. The van der Waals surface area contributed by atoms with Crippen LogP contribution in [0.15, 0.2) is 132 Å². The van der Waals surface area contributed by atoms with Gasteiger partial charge >= 0.3 is 5.97 Å². The van der Waals surface area contributed by atoms with Crippen LogP contribution in [0.3, 0.4) is 0 Å². The van der Waals surface area contributed by atoms with E-state index in [1.807, 2.05) is 91.0 Å². The molecule has 0 bridgehead atoms. The number of carbonyl (C=O) groups is 3. The Morgan fingerprint density at radius 3 is 1.98 bits per heavy atom. The first-order chi connectivity index (χ1) is 27.6. The second-order valence-electron chi connectivity index (χ2n) is 13.3. The molecule has 3 atom stereocenters. The van der Waals surface area contributed by atoms with E-state index in [2.05, 4.69) is 25.1 Å². The molecule has 57 heavy (non-hydrogen) atoms. The van der Waals surface area contributed by atoms with E-state index in [1.54, 1.807) is 17.0 Å². The number of rotatable bonds is 12. The number of carboxylic acid groups (broad SMARTS) is 1. The summed E-state index contributed by atoms with van der Waals surface area (Å²) in [5.74, 6) is -3.99. The van der Waals surface area contributed by atoms with Crippen molar-refractivity contribution < 1.29 is 38.7 Å². The van der Waals surface area contributed by atoms with Crippen LogP contribution in [0.5, 0.6) is 11.5 Å². The number of fused-ring (bicyclic) bond motifs is 2. The topological polar surface area (TPSA) is 209 Å². The maximum absolute atomic E-state index is 13.8. The molecule has 4 heterocycles. The largest absolute Gasteiger partial charge is 0.504 e. The van der Waals surface area contributed by atoms with Crippen LogP contribution in [-0.2, 0) is 42.1 Å². The number of hydrogen-bond donors (Lipinski definition) is 5. The third-order valence-corrected chi connectivity index (χ3v) is 12.1. The van der Waals surface area contributed by atoms with Crippen LogP contribution in [0.4, 0.5) is 5.13 Å². The van der Waals surface area contributed by atoms with Gasteiger partial charge in [0.25, 0.3) is 11.8 Å². The minimum Gasteiger partial charge on any atom is -0.504 e. The van der Waals surface area contributed by atoms with Gasteiger partial charge in [-0.1, -0.05) is 96.2 Å². The molecule has 0 aliphatic carbocycles. The first kappa shape index (κ1) is 37.1. The molecule has 15 nitrogen and oxygen atoms in total. The predicted octanol–water partition coefficient (Wildman–Crippen LogP) is 4.11. The smallest absolute Gasteiger partial charge is 0.352 e. The van der Waals surface area contributed by atoms with Crippen molar-refractivity contribution in [1.82, 2.24) is 24.1 Å². The Balaban J connectivity index is 1.05. The van der Waals surface area contributed by atoms with Crippen molar-refractivity contribution in [2.45, 2.75) is 23.5 Å². The van der Waals surface area contributed by atoms with E-state index < -0.39 is 45.5 Å². The van der Waals surface area contributed by atoms with E-state index in [4.69, 9.17) is 4.84 Å². The van der Waals surface area contributed by atoms with Crippen LogP contribution in [0.1, 0.15) is 22.5 Å². The maximum atomic E-state index is 13.8. The Bertz CT molecular complexity index is 2480. The summed E-state index contributed by atoms with van der Waals surface area (Å²) in [4.78, 5) is 50.6. The predicted molar refractivity (Wildman–Crippen MR) is 212 cm³/mol. The number of hydrogen-bond acceptors (Lipinski definition) is 12. The SMILES string of the molecule is CO/N=C(\C(=O)N[C@@H]1C(=O)N2C(C(=O)O)=C(Cn3cc4cc(O)c(O)cc4c3)CS(=O)[C@H]12)c1nsc(NC(c2ccccc2)(c2ccccc2)c2ccccc2)n1. The first-order valence-corrected chi connectivity index (χ1v) is 19.6. The van der Waals surface area contributed by atoms with E-state index >= 15 is 0 Å². The average Bonchev–Trinajstić information content (AvgIpc) is 3.84. The fraction of sp³-hybridized carbons (Fsp3) is 0.150. The fourth-order valence-corrected chi connectivity index (χ4v) is 9.61. The molecule has 4 aromatic carbocycles. The number of carboxylic acids is 1. The molecule has 0 saturated carbocycles. The van der Waals surface area contributed by atoms with E-state index in [0.29, 0.717) is 15.9 Å². The van der Waals surface area contributed by atoms with Crippen molar-refractivity contribution in [3.05, 3.63) is 149 Å². The molecule has 0 spiro atoms. The zero-order valence-corrected chi connectivity index (χ0v) is 31.6. The molecule has 17 heteroatoms. The molecule has 1 unspecified atom stereocenters. The molecule has 6 aromatic rings. The van der Waals surface area contributed by atoms with Gasteiger partial charge in [0.2, 0.25) is 16.7 Å². The second kappa shape index (κ2) is 15.0. The summed E-state index contributed by atoms with van der Waals surface area (Å²) in [7, 11) is -0.582. The lowest BCUT2D eigenvalue weighted by Gasteiger charge is -2.49. The zero-order valence-electron chi connectivity index (χ0n) is 30.0. The lowest BCUT2D eigenvalue weighted by molar-refractivity contribution is -0.150. The number of amides is 2. The van der Waals surface area contributed by atoms with Gasteiger partial charge in [-0.25, -0.2) is 4.79 Å². The van der Waals surface area contributed by atoms with Gasteiger partial charge in [-0.2, -0.15) is 9.36 Å². The van der Waals surface area contributed by atoms with Gasteiger partial charge in [-0.15, -0.1) is 0 Å². The highest BCUT2D eigenvalue weighted by atomic mass is 32.2. The normalized spacial score (nSPS) is 18.2. The van der Waals surface area contributed by atoms with Crippen LogP contribution in [0.25, 0.3) is 10.8 Å². The second-order valence-corrected chi connectivity index (χ2v) is 15.5. The minimum absolute atomic E-state index is 0.0340. The van der Waals surface area contributed by atoms with E-state index in [9.17, 15) is 33.9 Å². The summed E-state index contributed by atoms with van der Waals surface area (Å²) < 4.78 is 19.7. The standard InChI is InChI=1S/C40H33N7O8S2/c1-55-44-31(34-42-39(56-45-34)43-40(26-11-5-2-6-12-26,27-13-7-3-8-14-27)28-15-9-4-10-16-28)35(50)41-32-36(51)47-33(38(52)53)25(22-57(54)37(32)47)21-46-19-23-17-29(48)30(49)18-24(23)20-46/h2-20,32,37,48-49H,21-22H2,1H3,(H,41,50)(H,52,53)(H,42,43,45)/b44-31-/t32-,37-,57?/m1/s1. The number of aromatic nitrogens is 3. The molecular formula is C40H33N7O8S2. The van der Waals surface area contributed by atoms with Gasteiger partial charge in [-0.3, -0.25) is 18.7 Å². The van der Waals surface area contributed by atoms with Crippen molar-refractivity contribution >= 4 is 61.7 Å². The number of carbonyl (C=O) groups excluding carboxylic acids is 2. The lowest BCUT2D eigenvalue weighted by Crippen LogP contribution is -2.74. The summed E-state index contributed by atoms with van der Waals surface area (Å²) in [5, 5.41) is 40.4. The van der Waals surface area contributed by atoms with Gasteiger partial charge in [0.1, 0.15) is 29.8 Å². The molecule has 2 amide bonds. The quantitative estimate of drug-likeness (QED) is 0.0391. The molecule has 5 N–H and O–H groups in total. The van der Waals surface area contributed by atoms with Crippen molar-refractivity contribution in [3.63, 3.8) is 0 Å². The highest BCUT2D eigenvalue weighted by Gasteiger charge is 2.57. The average molecular weight is 804 g/mol. The van der Waals surface area contributed by atoms with Crippen LogP contribution in [-0.4, -0.2) is 86.1 Å². The number of oxime groups is 1. The number of aliphatic carboxylic acids is 1. The lowest BCUT2D eigenvalue weighted by atomic mass is 9.77. The Morgan fingerprint density at radius 1 is 0.930 bits per heavy atom. The molecule has 288 valence electrons. The molecule has 2 aliphatic heterocycles. The Labute approximate surface area is 331 Å². The Kier molecular flexibility index (Phi) is 9.76. The van der Waals surface area contributed by atoms with Crippen LogP contribution < -0.4 is 10.6 Å². The molecule has 1 saturated heterocycles. The van der Waals surface area contributed by atoms with E-state index in [1.165, 1.54) is 19.2 Å². The molecular weight excluding hydrogens is 771 g/mol. The number of nitrogens with one attached hydrogen (secondary N) is 2. The third-order valence-electron chi connectivity index (χ3n) is 9.81. The number of anilines is 1. The van der Waals surface area contributed by atoms with Gasteiger partial charge in [-0.05, 0) is 34.4 Å². The third kappa shape index (κ3) is 6.65. The highest BCUT2D eigenvalue weighted by Crippen LogP contribution is 2.41. The highest BCUT2D eigenvalue weighted by molar-refractivity contribution is 7.86. The molecule has 0 radical (unpaired) electrons. The monoisotopic (exact) mass is 803 g/mol. The summed E-state index contributed by atoms with van der Waals surface area (Å²) >= 11 is 0.986. The fourth-order valence-electron chi connectivity index (χ4n) is 7.31. The number of nitrogens with zero attached hydrogens (tertiary/aromatic N) is 5. The molecule has 1 fully saturated rings. The van der Waals surface area contributed by atoms with Crippen LogP contribution in [0.2, 0.25) is 0 Å². The van der Waals surface area contributed by atoms with E-state index in [0.717, 1.165) is 33.1 Å². The van der Waals surface area contributed by atoms with Crippen molar-refractivity contribution in [2.75, 3.05) is 18.2 Å². The number of benzene rings is 4. The molecule has 2 aromatic heterocycles. The summed E-state index contributed by atoms with van der Waals surface area (Å²) in [5.41, 5.74) is 1.33. The van der Waals surface area contributed by atoms with Crippen molar-refractivity contribution in [3.8, 4) is 11.5 Å². The molecule has 8 rings (SSSR count). The summed E-state index contributed by atoms with van der Waals surface area (Å²) in [6.45, 7) is -0.0340. The van der Waals surface area contributed by atoms with Crippen LogP contribution in [0, 0.1) is 0 Å². The van der Waals surface area contributed by atoms with Gasteiger partial charge in [0, 0.05) is 41.2 Å². The Hall–Kier alpha value is -6.85. The zero-order chi connectivity index (χ0) is 39.8. The minimum atomic E-state index is -1.82.